The van der Waals surface area contributed by atoms with Gasteiger partial charge in [-0.1, -0.05) is 55.6 Å². The summed E-state index contributed by atoms with van der Waals surface area (Å²) >= 11 is 6.11. The second kappa shape index (κ2) is 8.10. The predicted octanol–water partition coefficient (Wildman–Crippen LogP) is 3.58. The van der Waals surface area contributed by atoms with Crippen LogP contribution in [-0.4, -0.2) is 26.2 Å². The van der Waals surface area contributed by atoms with Crippen molar-refractivity contribution >= 4 is 39.1 Å². The Hall–Kier alpha value is -2.38. The van der Waals surface area contributed by atoms with Gasteiger partial charge in [0.15, 0.2) is 0 Å². The maximum atomic E-state index is 12.8. The molecule has 1 aliphatic heterocycles. The van der Waals surface area contributed by atoms with Crippen LogP contribution in [0.15, 0.2) is 58.4 Å². The number of nitrogens with zero attached hydrogens (tertiary/aromatic N) is 1. The van der Waals surface area contributed by atoms with Crippen LogP contribution in [-0.2, 0) is 14.8 Å². The minimum atomic E-state index is -3.65. The molecular weight excluding hydrogens is 386 g/mol. The number of hydrogen-bond donors (Lipinski definition) is 2. The van der Waals surface area contributed by atoms with Gasteiger partial charge in [0, 0.05) is 5.56 Å². The van der Waals surface area contributed by atoms with Gasteiger partial charge >= 0.3 is 0 Å². The molecule has 0 saturated heterocycles. The van der Waals surface area contributed by atoms with Crippen molar-refractivity contribution in [1.29, 1.82) is 0 Å². The van der Waals surface area contributed by atoms with E-state index in [1.54, 1.807) is 42.5 Å². The molecule has 8 heteroatoms. The number of sulfonamides is 1. The van der Waals surface area contributed by atoms with E-state index in [1.807, 2.05) is 6.92 Å². The number of benzene rings is 2. The summed E-state index contributed by atoms with van der Waals surface area (Å²) in [4.78, 5) is 17.4. The van der Waals surface area contributed by atoms with E-state index in [1.165, 1.54) is 6.07 Å². The molecule has 1 aliphatic rings. The van der Waals surface area contributed by atoms with Gasteiger partial charge in [0.2, 0.25) is 5.91 Å². The number of hydrogen-bond acceptors (Lipinski definition) is 4. The van der Waals surface area contributed by atoms with E-state index >= 15 is 0 Å². The SMILES string of the molecule is CCCCC(N=C1NS(=O)(=O)c2ccccc21)C(=O)Nc1ccccc1Cl. The van der Waals surface area contributed by atoms with E-state index < -0.39 is 16.1 Å². The zero-order valence-electron chi connectivity index (χ0n) is 14.8. The standard InChI is InChI=1S/C19H20ClN3O3S/c1-2-3-10-16(19(24)22-15-11-6-5-9-14(15)20)21-18-13-8-4-7-12-17(13)27(25,26)23-18/h4-9,11-12,16H,2-3,10H2,1H3,(H,21,23)(H,22,24). The maximum absolute atomic E-state index is 12.8. The number of carbonyl (C=O) groups excluding carboxylic acids is 1. The monoisotopic (exact) mass is 405 g/mol. The lowest BCUT2D eigenvalue weighted by Gasteiger charge is -2.14. The second-order valence-electron chi connectivity index (χ2n) is 6.21. The lowest BCUT2D eigenvalue weighted by Crippen LogP contribution is -2.30. The minimum absolute atomic E-state index is 0.171. The van der Waals surface area contributed by atoms with Gasteiger partial charge in [0.1, 0.15) is 11.9 Å². The van der Waals surface area contributed by atoms with E-state index in [9.17, 15) is 13.2 Å². The van der Waals surface area contributed by atoms with Crippen LogP contribution in [0.4, 0.5) is 5.69 Å². The second-order valence-corrected chi connectivity index (χ2v) is 8.26. The third-order valence-corrected chi connectivity index (χ3v) is 5.94. The van der Waals surface area contributed by atoms with Gasteiger partial charge in [-0.3, -0.25) is 14.5 Å². The largest absolute Gasteiger partial charge is 0.323 e. The van der Waals surface area contributed by atoms with Crippen molar-refractivity contribution in [3.63, 3.8) is 0 Å². The molecule has 0 aliphatic carbocycles. The third kappa shape index (κ3) is 4.31. The molecular formula is C19H20ClN3O3S. The molecule has 3 rings (SSSR count). The fraction of sp³-hybridized carbons (Fsp3) is 0.263. The van der Waals surface area contributed by atoms with E-state index in [0.29, 0.717) is 22.7 Å². The molecule has 27 heavy (non-hydrogen) atoms. The summed E-state index contributed by atoms with van der Waals surface area (Å²) in [5.41, 5.74) is 0.975. The number of anilines is 1. The highest BCUT2D eigenvalue weighted by molar-refractivity contribution is 7.90. The van der Waals surface area contributed by atoms with Crippen LogP contribution in [0.1, 0.15) is 31.7 Å². The summed E-state index contributed by atoms with van der Waals surface area (Å²) in [5, 5.41) is 3.21. The molecule has 1 atom stereocenters. The summed E-state index contributed by atoms with van der Waals surface area (Å²) in [6.45, 7) is 2.02. The lowest BCUT2D eigenvalue weighted by atomic mass is 10.1. The topological polar surface area (TPSA) is 87.6 Å². The zero-order chi connectivity index (χ0) is 19.4. The third-order valence-electron chi connectivity index (χ3n) is 4.21. The number of halogens is 1. The molecule has 0 saturated carbocycles. The molecule has 6 nitrogen and oxygen atoms in total. The molecule has 142 valence electrons. The van der Waals surface area contributed by atoms with Gasteiger partial charge in [-0.25, -0.2) is 8.42 Å². The Morgan fingerprint density at radius 3 is 2.63 bits per heavy atom. The van der Waals surface area contributed by atoms with Gasteiger partial charge in [-0.05, 0) is 30.7 Å². The molecule has 1 amide bonds. The van der Waals surface area contributed by atoms with Crippen molar-refractivity contribution in [3.05, 3.63) is 59.1 Å². The van der Waals surface area contributed by atoms with Gasteiger partial charge < -0.3 is 5.32 Å². The average Bonchev–Trinajstić information content (AvgIpc) is 2.91. The molecule has 2 aromatic carbocycles. The summed E-state index contributed by atoms with van der Waals surface area (Å²) in [6, 6.07) is 12.8. The summed E-state index contributed by atoms with van der Waals surface area (Å²) in [7, 11) is -3.65. The molecule has 0 spiro atoms. The molecule has 0 bridgehead atoms. The predicted molar refractivity (Wildman–Crippen MR) is 107 cm³/mol. The van der Waals surface area contributed by atoms with E-state index in [2.05, 4.69) is 15.0 Å². The van der Waals surface area contributed by atoms with Crippen LogP contribution < -0.4 is 10.0 Å². The number of fused-ring (bicyclic) bond motifs is 1. The van der Waals surface area contributed by atoms with Crippen LogP contribution in [0.2, 0.25) is 5.02 Å². The Kier molecular flexibility index (Phi) is 5.82. The fourth-order valence-corrected chi connectivity index (χ4v) is 4.24. The van der Waals surface area contributed by atoms with Crippen molar-refractivity contribution < 1.29 is 13.2 Å². The quantitative estimate of drug-likeness (QED) is 0.769. The first-order valence-electron chi connectivity index (χ1n) is 8.68. The summed E-state index contributed by atoms with van der Waals surface area (Å²) in [5.74, 6) is -0.131. The maximum Gasteiger partial charge on any atom is 0.263 e. The highest BCUT2D eigenvalue weighted by Crippen LogP contribution is 2.24. The Morgan fingerprint density at radius 1 is 1.19 bits per heavy atom. The molecule has 0 aromatic heterocycles. The Morgan fingerprint density at radius 2 is 1.89 bits per heavy atom. The van der Waals surface area contributed by atoms with Gasteiger partial charge in [-0.15, -0.1) is 0 Å². The van der Waals surface area contributed by atoms with E-state index in [-0.39, 0.29) is 16.6 Å². The van der Waals surface area contributed by atoms with Crippen molar-refractivity contribution in [3.8, 4) is 0 Å². The fourth-order valence-electron chi connectivity index (χ4n) is 2.82. The number of aliphatic imine (C=N–C) groups is 1. The summed E-state index contributed by atoms with van der Waals surface area (Å²) in [6.07, 6.45) is 2.18. The number of amidine groups is 1. The first kappa shape index (κ1) is 19.4. The Bertz CT molecular complexity index is 989. The Balaban J connectivity index is 1.91. The van der Waals surface area contributed by atoms with E-state index in [4.69, 9.17) is 11.6 Å². The van der Waals surface area contributed by atoms with Crippen molar-refractivity contribution in [2.75, 3.05) is 5.32 Å². The van der Waals surface area contributed by atoms with E-state index in [0.717, 1.165) is 12.8 Å². The first-order valence-corrected chi connectivity index (χ1v) is 10.5. The van der Waals surface area contributed by atoms with Gasteiger partial charge in [0.05, 0.1) is 15.6 Å². The molecule has 0 radical (unpaired) electrons. The average molecular weight is 406 g/mol. The van der Waals surface area contributed by atoms with Crippen molar-refractivity contribution in [1.82, 2.24) is 4.72 Å². The molecule has 2 aromatic rings. The molecule has 1 heterocycles. The minimum Gasteiger partial charge on any atom is -0.323 e. The van der Waals surface area contributed by atoms with Crippen LogP contribution >= 0.6 is 11.6 Å². The Labute approximate surface area is 163 Å². The number of unbranched alkanes of at least 4 members (excludes halogenated alkanes) is 1. The number of rotatable bonds is 6. The van der Waals surface area contributed by atoms with Crippen LogP contribution in [0, 0.1) is 0 Å². The van der Waals surface area contributed by atoms with Crippen LogP contribution in [0.25, 0.3) is 0 Å². The molecule has 0 fully saturated rings. The van der Waals surface area contributed by atoms with Gasteiger partial charge in [0.25, 0.3) is 10.0 Å². The number of carbonyl (C=O) groups is 1. The smallest absolute Gasteiger partial charge is 0.263 e. The molecule has 1 unspecified atom stereocenters. The normalized spacial score (nSPS) is 17.2. The zero-order valence-corrected chi connectivity index (χ0v) is 16.3. The summed E-state index contributed by atoms with van der Waals surface area (Å²) < 4.78 is 27.0. The first-order chi connectivity index (χ1) is 12.9. The number of amides is 1. The molecule has 2 N–H and O–H groups in total. The van der Waals surface area contributed by atoms with Gasteiger partial charge in [-0.2, -0.15) is 0 Å². The highest BCUT2D eigenvalue weighted by Gasteiger charge is 2.31. The number of para-hydroxylation sites is 1. The van der Waals surface area contributed by atoms with Crippen LogP contribution in [0.3, 0.4) is 0 Å². The number of nitrogens with one attached hydrogen (secondary N) is 2. The van der Waals surface area contributed by atoms with Crippen LogP contribution in [0.5, 0.6) is 0 Å². The van der Waals surface area contributed by atoms with Crippen molar-refractivity contribution in [2.45, 2.75) is 37.1 Å². The lowest BCUT2D eigenvalue weighted by molar-refractivity contribution is -0.117. The van der Waals surface area contributed by atoms with Crippen molar-refractivity contribution in [2.24, 2.45) is 4.99 Å². The highest BCUT2D eigenvalue weighted by atomic mass is 35.5.